The second-order valence-corrected chi connectivity index (χ2v) is 10.6. The zero-order valence-corrected chi connectivity index (χ0v) is 24.4. The second kappa shape index (κ2) is 14.1. The lowest BCUT2D eigenvalue weighted by Crippen LogP contribution is -2.43. The van der Waals surface area contributed by atoms with Crippen LogP contribution in [0.5, 0.6) is 5.75 Å². The predicted octanol–water partition coefficient (Wildman–Crippen LogP) is 2.88. The quantitative estimate of drug-likeness (QED) is 0.308. The molecule has 46 heavy (non-hydrogen) atoms. The molecule has 4 heterocycles. The first-order chi connectivity index (χ1) is 21.3. The first-order valence-corrected chi connectivity index (χ1v) is 13.4. The first-order valence-electron chi connectivity index (χ1n) is 13.4. The highest BCUT2D eigenvalue weighted by molar-refractivity contribution is 5.73. The molecule has 2 aliphatic rings. The molecule has 5 rings (SSSR count). The SMILES string of the molecule is COc1ccc(Cn2nc3n(c(=O)c2=O)CC2(CCN(Cc4cccc(C)n4)C2)C3)cc1.O=C(O)C(F)(F)F.O=C(O)C(F)(F)F. The zero-order chi connectivity index (χ0) is 34.4. The summed E-state index contributed by atoms with van der Waals surface area (Å²) in [5.41, 5.74) is 1.89. The second-order valence-electron chi connectivity index (χ2n) is 10.6. The molecule has 1 fully saturated rings. The Bertz CT molecular complexity index is 1650. The summed E-state index contributed by atoms with van der Waals surface area (Å²) >= 11 is 0. The third-order valence-electron chi connectivity index (χ3n) is 7.06. The molecule has 250 valence electrons. The number of hydrogen-bond acceptors (Lipinski definition) is 8. The molecule has 0 radical (unpaired) electrons. The minimum atomic E-state index is -5.08. The number of carboxylic acids is 2. The fourth-order valence-corrected chi connectivity index (χ4v) is 4.97. The molecular formula is C28H29F6N5O7. The number of carbonyl (C=O) groups is 2. The van der Waals surface area contributed by atoms with Crippen molar-refractivity contribution in [2.45, 2.75) is 51.8 Å². The molecule has 1 unspecified atom stereocenters. The summed E-state index contributed by atoms with van der Waals surface area (Å²) < 4.78 is 71.6. The number of likely N-dealkylation sites (tertiary alicyclic amines) is 1. The Hall–Kier alpha value is -4.74. The van der Waals surface area contributed by atoms with Crippen LogP contribution in [-0.4, -0.2) is 78.9 Å². The van der Waals surface area contributed by atoms with E-state index in [0.29, 0.717) is 18.8 Å². The molecule has 12 nitrogen and oxygen atoms in total. The summed E-state index contributed by atoms with van der Waals surface area (Å²) in [6.45, 7) is 5.45. The first kappa shape index (κ1) is 35.7. The van der Waals surface area contributed by atoms with Crippen molar-refractivity contribution in [3.8, 4) is 5.75 Å². The number of rotatable bonds is 5. The number of hydrogen-bond donors (Lipinski definition) is 2. The summed E-state index contributed by atoms with van der Waals surface area (Å²) in [6, 6.07) is 13.5. The van der Waals surface area contributed by atoms with E-state index in [1.807, 2.05) is 43.3 Å². The van der Waals surface area contributed by atoms with E-state index in [4.69, 9.17) is 24.5 Å². The number of halogens is 6. The van der Waals surface area contributed by atoms with Gasteiger partial charge in [0.25, 0.3) is 0 Å². The van der Waals surface area contributed by atoms with E-state index in [1.54, 1.807) is 11.7 Å². The van der Waals surface area contributed by atoms with Crippen molar-refractivity contribution in [3.05, 3.63) is 85.9 Å². The number of pyridine rings is 1. The smallest absolute Gasteiger partial charge is 0.490 e. The van der Waals surface area contributed by atoms with Crippen LogP contribution in [0.1, 0.15) is 29.2 Å². The third kappa shape index (κ3) is 9.38. The highest BCUT2D eigenvalue weighted by atomic mass is 19.4. The number of alkyl halides is 6. The summed E-state index contributed by atoms with van der Waals surface area (Å²) in [4.78, 5) is 50.4. The zero-order valence-electron chi connectivity index (χ0n) is 24.4. The minimum Gasteiger partial charge on any atom is -0.497 e. The van der Waals surface area contributed by atoms with Crippen LogP contribution in [0.15, 0.2) is 52.1 Å². The van der Waals surface area contributed by atoms with Gasteiger partial charge in [-0.05, 0) is 49.7 Å². The topological polar surface area (TPSA) is 157 Å². The number of aliphatic carboxylic acids is 2. The number of methoxy groups -OCH3 is 1. The van der Waals surface area contributed by atoms with Crippen molar-refractivity contribution in [1.82, 2.24) is 24.2 Å². The van der Waals surface area contributed by atoms with Gasteiger partial charge in [0.1, 0.15) is 11.6 Å². The number of benzene rings is 1. The van der Waals surface area contributed by atoms with Gasteiger partial charge >= 0.3 is 35.4 Å². The Morgan fingerprint density at radius 2 is 1.50 bits per heavy atom. The number of aromatic nitrogens is 4. The molecule has 0 saturated carbocycles. The maximum absolute atomic E-state index is 12.9. The van der Waals surface area contributed by atoms with E-state index < -0.39 is 35.4 Å². The van der Waals surface area contributed by atoms with E-state index in [2.05, 4.69) is 21.0 Å². The van der Waals surface area contributed by atoms with Crippen molar-refractivity contribution in [1.29, 1.82) is 0 Å². The van der Waals surface area contributed by atoms with Crippen LogP contribution in [0, 0.1) is 12.3 Å². The van der Waals surface area contributed by atoms with Gasteiger partial charge in [-0.2, -0.15) is 31.4 Å². The third-order valence-corrected chi connectivity index (χ3v) is 7.06. The molecule has 1 saturated heterocycles. The Morgan fingerprint density at radius 1 is 0.913 bits per heavy atom. The summed E-state index contributed by atoms with van der Waals surface area (Å²) in [7, 11) is 1.61. The summed E-state index contributed by atoms with van der Waals surface area (Å²) in [5.74, 6) is -4.06. The molecule has 0 aliphatic carbocycles. The molecule has 2 aromatic heterocycles. The van der Waals surface area contributed by atoms with Gasteiger partial charge in [0.05, 0.1) is 19.3 Å². The number of fused-ring (bicyclic) bond motifs is 1. The Labute approximate surface area is 256 Å². The molecule has 2 aliphatic heterocycles. The lowest BCUT2D eigenvalue weighted by Gasteiger charge is -2.22. The van der Waals surface area contributed by atoms with Gasteiger partial charge in [-0.3, -0.25) is 24.0 Å². The molecular weight excluding hydrogens is 632 g/mol. The van der Waals surface area contributed by atoms with Gasteiger partial charge in [-0.15, -0.1) is 0 Å². The van der Waals surface area contributed by atoms with E-state index in [1.165, 1.54) is 4.68 Å². The van der Waals surface area contributed by atoms with Gasteiger partial charge in [-0.1, -0.05) is 18.2 Å². The van der Waals surface area contributed by atoms with E-state index >= 15 is 0 Å². The lowest BCUT2D eigenvalue weighted by atomic mass is 9.86. The summed E-state index contributed by atoms with van der Waals surface area (Å²) in [5, 5.41) is 18.8. The van der Waals surface area contributed by atoms with Crippen LogP contribution in [-0.2, 0) is 35.6 Å². The van der Waals surface area contributed by atoms with Gasteiger partial charge in [0, 0.05) is 37.2 Å². The Balaban J connectivity index is 0.000000345. The molecule has 2 N–H and O–H groups in total. The molecule has 0 amide bonds. The number of aryl methyl sites for hydroxylation is 1. The van der Waals surface area contributed by atoms with E-state index in [0.717, 1.165) is 48.8 Å². The highest BCUT2D eigenvalue weighted by Crippen LogP contribution is 2.39. The Kier molecular flexibility index (Phi) is 11.0. The fourth-order valence-electron chi connectivity index (χ4n) is 4.97. The normalized spacial score (nSPS) is 17.4. The average Bonchev–Trinajstić information content (AvgIpc) is 3.53. The van der Waals surface area contributed by atoms with Crippen molar-refractivity contribution in [3.63, 3.8) is 0 Å². The van der Waals surface area contributed by atoms with Gasteiger partial charge in [-0.25, -0.2) is 14.3 Å². The van der Waals surface area contributed by atoms with Crippen LogP contribution in [0.2, 0.25) is 0 Å². The van der Waals surface area contributed by atoms with Crippen LogP contribution in [0.25, 0.3) is 0 Å². The number of ether oxygens (including phenoxy) is 1. The maximum atomic E-state index is 12.9. The molecule has 1 spiro atoms. The average molecular weight is 662 g/mol. The van der Waals surface area contributed by atoms with Crippen LogP contribution < -0.4 is 15.9 Å². The highest BCUT2D eigenvalue weighted by Gasteiger charge is 2.45. The standard InChI is InChI=1S/C24H27N5O3.2C2HF3O2/c1-17-4-3-5-19(25-17)14-27-11-10-24(15-27)12-21-26-29(23(31)22(30)28(21)16-24)13-18-6-8-20(32-2)9-7-18;2*3-2(4,5)1(6)7/h3-9H,10-16H2,1-2H3;2*(H,6,7). The maximum Gasteiger partial charge on any atom is 0.490 e. The molecule has 18 heteroatoms. The van der Waals surface area contributed by atoms with Crippen molar-refractivity contribution in [2.75, 3.05) is 20.2 Å². The van der Waals surface area contributed by atoms with E-state index in [9.17, 15) is 35.9 Å². The largest absolute Gasteiger partial charge is 0.497 e. The van der Waals surface area contributed by atoms with Crippen molar-refractivity contribution >= 4 is 11.9 Å². The predicted molar refractivity (Wildman–Crippen MR) is 147 cm³/mol. The molecule has 3 aromatic rings. The van der Waals surface area contributed by atoms with Crippen molar-refractivity contribution in [2.24, 2.45) is 5.41 Å². The lowest BCUT2D eigenvalue weighted by molar-refractivity contribution is -0.193. The van der Waals surface area contributed by atoms with E-state index in [-0.39, 0.29) is 12.0 Å². The Morgan fingerprint density at radius 3 is 2.02 bits per heavy atom. The van der Waals surface area contributed by atoms with Gasteiger partial charge < -0.3 is 14.9 Å². The molecule has 0 bridgehead atoms. The monoisotopic (exact) mass is 661 g/mol. The van der Waals surface area contributed by atoms with Crippen LogP contribution in [0.4, 0.5) is 26.3 Å². The van der Waals surface area contributed by atoms with Crippen LogP contribution in [0.3, 0.4) is 0 Å². The van der Waals surface area contributed by atoms with Crippen molar-refractivity contribution < 1.29 is 50.9 Å². The van der Waals surface area contributed by atoms with Gasteiger partial charge in [0.2, 0.25) is 0 Å². The fraction of sp³-hybridized carbons (Fsp3) is 0.429. The van der Waals surface area contributed by atoms with Crippen LogP contribution >= 0.6 is 0 Å². The minimum absolute atomic E-state index is 0.0469. The number of nitrogens with zero attached hydrogens (tertiary/aromatic N) is 5. The molecule has 1 aromatic carbocycles. The van der Waals surface area contributed by atoms with Gasteiger partial charge in [0.15, 0.2) is 0 Å². The number of carboxylic acid groups (broad SMARTS) is 2. The molecule has 1 atom stereocenters. The summed E-state index contributed by atoms with van der Waals surface area (Å²) in [6.07, 6.45) is -8.48.